The molecule has 76 valence electrons. The van der Waals surface area contributed by atoms with Crippen LogP contribution in [0.25, 0.3) is 0 Å². The third-order valence-corrected chi connectivity index (χ3v) is 2.90. The van der Waals surface area contributed by atoms with Crippen molar-refractivity contribution >= 4 is 15.9 Å². The first-order valence-corrected chi connectivity index (χ1v) is 5.80. The summed E-state index contributed by atoms with van der Waals surface area (Å²) in [4.78, 5) is 2.50. The molecule has 0 aliphatic carbocycles. The first kappa shape index (κ1) is 11.2. The molecule has 0 bridgehead atoms. The van der Waals surface area contributed by atoms with Crippen molar-refractivity contribution in [3.8, 4) is 0 Å². The Morgan fingerprint density at radius 1 is 1.54 bits per heavy atom. The van der Waals surface area contributed by atoms with E-state index in [1.807, 2.05) is 0 Å². The highest BCUT2D eigenvalue weighted by Crippen LogP contribution is 2.10. The predicted octanol–water partition coefficient (Wildman–Crippen LogP) is 1.97. The Balaban J connectivity index is 2.14. The summed E-state index contributed by atoms with van der Waals surface area (Å²) in [5.74, 6) is 0. The average molecular weight is 247 g/mol. The Hall–Kier alpha value is 0.140. The van der Waals surface area contributed by atoms with Gasteiger partial charge >= 0.3 is 0 Å². The molecule has 0 radical (unpaired) electrons. The molecule has 0 atom stereocenters. The first-order valence-electron chi connectivity index (χ1n) is 5.01. The van der Waals surface area contributed by atoms with Crippen molar-refractivity contribution in [1.29, 1.82) is 0 Å². The van der Waals surface area contributed by atoms with Crippen LogP contribution >= 0.6 is 15.9 Å². The summed E-state index contributed by atoms with van der Waals surface area (Å²) in [6.07, 6.45) is 2.54. The molecular formula is C10H19BrN2. The van der Waals surface area contributed by atoms with Crippen molar-refractivity contribution in [2.24, 2.45) is 0 Å². The largest absolute Gasteiger partial charge is 0.309 e. The fourth-order valence-electron chi connectivity index (χ4n) is 1.71. The normalized spacial score (nSPS) is 20.5. The van der Waals surface area contributed by atoms with Crippen molar-refractivity contribution in [2.45, 2.75) is 25.8 Å². The van der Waals surface area contributed by atoms with E-state index < -0.39 is 0 Å². The van der Waals surface area contributed by atoms with E-state index >= 15 is 0 Å². The lowest BCUT2D eigenvalue weighted by Crippen LogP contribution is -2.42. The number of likely N-dealkylation sites (tertiary alicyclic amines) is 1. The van der Waals surface area contributed by atoms with E-state index in [9.17, 15) is 0 Å². The van der Waals surface area contributed by atoms with Gasteiger partial charge < -0.3 is 10.2 Å². The van der Waals surface area contributed by atoms with Gasteiger partial charge in [0.2, 0.25) is 0 Å². The zero-order valence-corrected chi connectivity index (χ0v) is 9.94. The van der Waals surface area contributed by atoms with Crippen molar-refractivity contribution in [3.63, 3.8) is 0 Å². The molecule has 1 saturated heterocycles. The van der Waals surface area contributed by atoms with Crippen LogP contribution < -0.4 is 5.32 Å². The van der Waals surface area contributed by atoms with Gasteiger partial charge in [-0.2, -0.15) is 0 Å². The number of piperidine rings is 1. The van der Waals surface area contributed by atoms with Crippen molar-refractivity contribution < 1.29 is 0 Å². The highest BCUT2D eigenvalue weighted by atomic mass is 79.9. The van der Waals surface area contributed by atoms with Gasteiger partial charge in [0.1, 0.15) is 0 Å². The summed E-state index contributed by atoms with van der Waals surface area (Å²) in [7, 11) is 0. The van der Waals surface area contributed by atoms with Gasteiger partial charge in [-0.3, -0.25) is 0 Å². The second kappa shape index (κ2) is 5.78. The van der Waals surface area contributed by atoms with Crippen LogP contribution in [0.2, 0.25) is 0 Å². The van der Waals surface area contributed by atoms with Gasteiger partial charge in [-0.05, 0) is 32.5 Å². The third-order valence-electron chi connectivity index (χ3n) is 2.62. The summed E-state index contributed by atoms with van der Waals surface area (Å²) in [5.41, 5.74) is 0. The van der Waals surface area contributed by atoms with E-state index in [1.165, 1.54) is 32.5 Å². The number of halogens is 1. The molecule has 1 N–H and O–H groups in total. The molecular weight excluding hydrogens is 228 g/mol. The van der Waals surface area contributed by atoms with E-state index in [4.69, 9.17) is 0 Å². The van der Waals surface area contributed by atoms with E-state index in [1.54, 1.807) is 0 Å². The molecule has 0 saturated carbocycles. The molecule has 1 aliphatic heterocycles. The van der Waals surface area contributed by atoms with Gasteiger partial charge in [-0.15, -0.1) is 0 Å². The van der Waals surface area contributed by atoms with Crippen molar-refractivity contribution in [2.75, 3.05) is 26.2 Å². The minimum absolute atomic E-state index is 0.692. The van der Waals surface area contributed by atoms with Gasteiger partial charge in [0.25, 0.3) is 0 Å². The number of rotatable bonds is 4. The average Bonchev–Trinajstić information content (AvgIpc) is 2.15. The van der Waals surface area contributed by atoms with Crippen LogP contribution in [0.4, 0.5) is 0 Å². The molecule has 1 aliphatic rings. The lowest BCUT2D eigenvalue weighted by atomic mass is 10.1. The Labute approximate surface area is 89.5 Å². The van der Waals surface area contributed by atoms with Crippen LogP contribution in [-0.2, 0) is 0 Å². The summed E-state index contributed by atoms with van der Waals surface area (Å²) in [6.45, 7) is 10.6. The molecule has 13 heavy (non-hydrogen) atoms. The molecule has 0 aromatic rings. The number of hydrogen-bond donors (Lipinski definition) is 1. The fraction of sp³-hybridized carbons (Fsp3) is 0.800. The SMILES string of the molecule is C=C(Br)CNC1CCN(CC)CC1. The lowest BCUT2D eigenvalue weighted by molar-refractivity contribution is 0.209. The molecule has 3 heteroatoms. The minimum atomic E-state index is 0.692. The Morgan fingerprint density at radius 3 is 2.62 bits per heavy atom. The van der Waals surface area contributed by atoms with Crippen LogP contribution in [0.5, 0.6) is 0 Å². The van der Waals surface area contributed by atoms with E-state index in [0.717, 1.165) is 11.0 Å². The minimum Gasteiger partial charge on any atom is -0.309 e. The quantitative estimate of drug-likeness (QED) is 0.817. The van der Waals surface area contributed by atoms with Crippen molar-refractivity contribution in [1.82, 2.24) is 10.2 Å². The molecule has 0 spiro atoms. The van der Waals surface area contributed by atoms with E-state index in [0.29, 0.717) is 6.04 Å². The van der Waals surface area contributed by atoms with Gasteiger partial charge in [-0.25, -0.2) is 0 Å². The number of hydrogen-bond acceptors (Lipinski definition) is 2. The van der Waals surface area contributed by atoms with Crippen LogP contribution in [0.15, 0.2) is 11.1 Å². The zero-order chi connectivity index (χ0) is 9.68. The second-order valence-corrected chi connectivity index (χ2v) is 4.73. The molecule has 2 nitrogen and oxygen atoms in total. The molecule has 0 unspecified atom stereocenters. The zero-order valence-electron chi connectivity index (χ0n) is 8.35. The van der Waals surface area contributed by atoms with Gasteiger partial charge in [0.15, 0.2) is 0 Å². The second-order valence-electron chi connectivity index (χ2n) is 3.61. The number of nitrogens with zero attached hydrogens (tertiary/aromatic N) is 1. The maximum Gasteiger partial charge on any atom is 0.0268 e. The van der Waals surface area contributed by atoms with Gasteiger partial charge in [0.05, 0.1) is 0 Å². The highest BCUT2D eigenvalue weighted by Gasteiger charge is 2.16. The maximum absolute atomic E-state index is 3.81. The smallest absolute Gasteiger partial charge is 0.0268 e. The Morgan fingerprint density at radius 2 is 2.15 bits per heavy atom. The standard InChI is InChI=1S/C10H19BrN2/c1-3-13-6-4-10(5-7-13)12-8-9(2)11/h10,12H,2-8H2,1H3. The summed E-state index contributed by atoms with van der Waals surface area (Å²) in [5, 5.41) is 3.49. The molecule has 0 amide bonds. The van der Waals surface area contributed by atoms with Gasteiger partial charge in [0, 0.05) is 17.1 Å². The first-order chi connectivity index (χ1) is 6.22. The van der Waals surface area contributed by atoms with Gasteiger partial charge in [-0.1, -0.05) is 29.4 Å². The molecule has 1 rings (SSSR count). The topological polar surface area (TPSA) is 15.3 Å². The predicted molar refractivity (Wildman–Crippen MR) is 61.2 cm³/mol. The number of nitrogens with one attached hydrogen (secondary N) is 1. The monoisotopic (exact) mass is 246 g/mol. The van der Waals surface area contributed by atoms with Crippen LogP contribution in [0.3, 0.4) is 0 Å². The summed E-state index contributed by atoms with van der Waals surface area (Å²) >= 11 is 3.36. The van der Waals surface area contributed by atoms with Crippen LogP contribution in [0.1, 0.15) is 19.8 Å². The highest BCUT2D eigenvalue weighted by molar-refractivity contribution is 9.11. The molecule has 1 heterocycles. The van der Waals surface area contributed by atoms with Crippen LogP contribution in [0, 0.1) is 0 Å². The van der Waals surface area contributed by atoms with E-state index in [-0.39, 0.29) is 0 Å². The third kappa shape index (κ3) is 4.25. The van der Waals surface area contributed by atoms with Crippen LogP contribution in [-0.4, -0.2) is 37.1 Å². The van der Waals surface area contributed by atoms with Crippen molar-refractivity contribution in [3.05, 3.63) is 11.1 Å². The summed E-state index contributed by atoms with van der Waals surface area (Å²) in [6, 6.07) is 0.692. The fourth-order valence-corrected chi connectivity index (χ4v) is 1.87. The lowest BCUT2D eigenvalue weighted by Gasteiger charge is -2.31. The summed E-state index contributed by atoms with van der Waals surface area (Å²) < 4.78 is 1.05. The molecule has 0 aromatic heterocycles. The Bertz CT molecular complexity index is 162. The Kier molecular flexibility index (Phi) is 4.99. The maximum atomic E-state index is 3.81. The van der Waals surface area contributed by atoms with E-state index in [2.05, 4.69) is 39.6 Å². The molecule has 1 fully saturated rings. The molecule has 0 aromatic carbocycles.